The second kappa shape index (κ2) is 6.83. The lowest BCUT2D eigenvalue weighted by Crippen LogP contribution is -2.33. The maximum Gasteiger partial charge on any atom is 0.335 e. The molecule has 0 aromatic heterocycles. The number of carbonyl (C=O) groups is 1. The zero-order valence-corrected chi connectivity index (χ0v) is 10.6. The maximum atomic E-state index is 11.6. The third-order valence-electron chi connectivity index (χ3n) is 1.86. The van der Waals surface area contributed by atoms with Crippen LogP contribution >= 0.6 is 0 Å². The predicted octanol–water partition coefficient (Wildman–Crippen LogP) is 2.92. The summed E-state index contributed by atoms with van der Waals surface area (Å²) in [6.07, 6.45) is 2.32. The van der Waals surface area contributed by atoms with Crippen molar-refractivity contribution < 1.29 is 14.3 Å². The molecule has 0 rings (SSSR count). The van der Waals surface area contributed by atoms with Crippen LogP contribution in [0.3, 0.4) is 0 Å². The van der Waals surface area contributed by atoms with Crippen molar-refractivity contribution in [2.45, 2.75) is 65.6 Å². The molecule has 0 saturated heterocycles. The van der Waals surface area contributed by atoms with Crippen LogP contribution in [0.15, 0.2) is 0 Å². The molecular formula is C12H24O3. The zero-order chi connectivity index (χ0) is 11.9. The van der Waals surface area contributed by atoms with Gasteiger partial charge in [0, 0.05) is 6.61 Å². The SMILES string of the molecule is CCCCOC(CC)C(=O)OC(C)(C)C. The number of unbranched alkanes of at least 4 members (excludes halogenated alkanes) is 1. The van der Waals surface area contributed by atoms with E-state index in [-0.39, 0.29) is 5.97 Å². The van der Waals surface area contributed by atoms with E-state index < -0.39 is 11.7 Å². The Morgan fingerprint density at radius 1 is 1.27 bits per heavy atom. The van der Waals surface area contributed by atoms with Gasteiger partial charge in [0.05, 0.1) is 0 Å². The van der Waals surface area contributed by atoms with Gasteiger partial charge in [0.2, 0.25) is 0 Å². The molecule has 0 heterocycles. The minimum atomic E-state index is -0.432. The van der Waals surface area contributed by atoms with Gasteiger partial charge in [-0.25, -0.2) is 4.79 Å². The first-order valence-corrected chi connectivity index (χ1v) is 5.75. The van der Waals surface area contributed by atoms with Gasteiger partial charge in [-0.15, -0.1) is 0 Å². The van der Waals surface area contributed by atoms with Crippen molar-refractivity contribution in [1.29, 1.82) is 0 Å². The van der Waals surface area contributed by atoms with Crippen molar-refractivity contribution in [2.75, 3.05) is 6.61 Å². The minimum Gasteiger partial charge on any atom is -0.458 e. The molecule has 0 bridgehead atoms. The zero-order valence-electron chi connectivity index (χ0n) is 10.6. The van der Waals surface area contributed by atoms with Crippen molar-refractivity contribution in [1.82, 2.24) is 0 Å². The van der Waals surface area contributed by atoms with Gasteiger partial charge in [-0.05, 0) is 33.6 Å². The lowest BCUT2D eigenvalue weighted by molar-refractivity contribution is -0.168. The van der Waals surface area contributed by atoms with Gasteiger partial charge in [0.15, 0.2) is 6.10 Å². The summed E-state index contributed by atoms with van der Waals surface area (Å²) in [5.74, 6) is -0.249. The number of hydrogen-bond donors (Lipinski definition) is 0. The van der Waals surface area contributed by atoms with Crippen molar-refractivity contribution in [3.8, 4) is 0 Å². The number of carbonyl (C=O) groups excluding carboxylic acids is 1. The number of hydrogen-bond acceptors (Lipinski definition) is 3. The van der Waals surface area contributed by atoms with Gasteiger partial charge in [-0.3, -0.25) is 0 Å². The van der Waals surface area contributed by atoms with Gasteiger partial charge in [-0.2, -0.15) is 0 Å². The van der Waals surface area contributed by atoms with E-state index in [1.54, 1.807) is 0 Å². The summed E-state index contributed by atoms with van der Waals surface area (Å²) in [7, 11) is 0. The molecule has 0 aliphatic heterocycles. The first-order valence-electron chi connectivity index (χ1n) is 5.75. The topological polar surface area (TPSA) is 35.5 Å². The van der Waals surface area contributed by atoms with Crippen LogP contribution in [-0.4, -0.2) is 24.3 Å². The molecule has 3 nitrogen and oxygen atoms in total. The average Bonchev–Trinajstić information content (AvgIpc) is 2.09. The molecule has 0 aliphatic rings. The van der Waals surface area contributed by atoms with Crippen LogP contribution in [0.1, 0.15) is 53.9 Å². The third kappa shape index (κ3) is 7.37. The first-order chi connectivity index (χ1) is 6.90. The molecule has 0 amide bonds. The summed E-state index contributed by atoms with van der Waals surface area (Å²) < 4.78 is 10.7. The quantitative estimate of drug-likeness (QED) is 0.506. The number of ether oxygens (including phenoxy) is 2. The van der Waals surface area contributed by atoms with Crippen LogP contribution in [-0.2, 0) is 14.3 Å². The Bertz CT molecular complexity index is 182. The fraction of sp³-hybridized carbons (Fsp3) is 0.917. The van der Waals surface area contributed by atoms with Crippen LogP contribution in [0, 0.1) is 0 Å². The van der Waals surface area contributed by atoms with Gasteiger partial charge in [0.1, 0.15) is 5.60 Å². The molecule has 0 N–H and O–H groups in total. The van der Waals surface area contributed by atoms with E-state index in [2.05, 4.69) is 6.92 Å². The normalized spacial score (nSPS) is 13.7. The Kier molecular flexibility index (Phi) is 6.57. The highest BCUT2D eigenvalue weighted by atomic mass is 16.6. The Hall–Kier alpha value is -0.570. The molecule has 0 radical (unpaired) electrons. The van der Waals surface area contributed by atoms with Gasteiger partial charge in [-0.1, -0.05) is 20.3 Å². The molecular weight excluding hydrogens is 192 g/mol. The molecule has 1 unspecified atom stereocenters. The summed E-state index contributed by atoms with van der Waals surface area (Å²) in [6.45, 7) is 10.3. The van der Waals surface area contributed by atoms with Crippen LogP contribution < -0.4 is 0 Å². The standard InChI is InChI=1S/C12H24O3/c1-6-8-9-14-10(7-2)11(13)15-12(3,4)5/h10H,6-9H2,1-5H3. The van der Waals surface area contributed by atoms with Crippen LogP contribution in [0.2, 0.25) is 0 Å². The van der Waals surface area contributed by atoms with Gasteiger partial charge >= 0.3 is 5.97 Å². The largest absolute Gasteiger partial charge is 0.458 e. The van der Waals surface area contributed by atoms with Crippen molar-refractivity contribution in [3.63, 3.8) is 0 Å². The minimum absolute atomic E-state index is 0.249. The number of esters is 1. The molecule has 3 heteroatoms. The summed E-state index contributed by atoms with van der Waals surface area (Å²) >= 11 is 0. The van der Waals surface area contributed by atoms with Crippen molar-refractivity contribution in [2.24, 2.45) is 0 Å². The van der Waals surface area contributed by atoms with Gasteiger partial charge < -0.3 is 9.47 Å². The van der Waals surface area contributed by atoms with E-state index in [0.717, 1.165) is 12.8 Å². The lowest BCUT2D eigenvalue weighted by Gasteiger charge is -2.23. The highest BCUT2D eigenvalue weighted by molar-refractivity contribution is 5.75. The molecule has 0 aromatic rings. The lowest BCUT2D eigenvalue weighted by atomic mass is 10.2. The predicted molar refractivity (Wildman–Crippen MR) is 60.8 cm³/mol. The average molecular weight is 216 g/mol. The highest BCUT2D eigenvalue weighted by Gasteiger charge is 2.24. The Morgan fingerprint density at radius 2 is 1.87 bits per heavy atom. The van der Waals surface area contributed by atoms with E-state index >= 15 is 0 Å². The summed E-state index contributed by atoms with van der Waals surface area (Å²) in [6, 6.07) is 0. The van der Waals surface area contributed by atoms with Crippen molar-refractivity contribution in [3.05, 3.63) is 0 Å². The molecule has 0 saturated carbocycles. The first kappa shape index (κ1) is 14.4. The van der Waals surface area contributed by atoms with Crippen LogP contribution in [0.25, 0.3) is 0 Å². The van der Waals surface area contributed by atoms with Gasteiger partial charge in [0.25, 0.3) is 0 Å². The number of rotatable bonds is 6. The Balaban J connectivity index is 3.99. The third-order valence-corrected chi connectivity index (χ3v) is 1.86. The van der Waals surface area contributed by atoms with E-state index in [1.807, 2.05) is 27.7 Å². The Labute approximate surface area is 93.1 Å². The molecule has 0 fully saturated rings. The monoisotopic (exact) mass is 216 g/mol. The van der Waals surface area contributed by atoms with Crippen molar-refractivity contribution >= 4 is 5.97 Å². The summed E-state index contributed by atoms with van der Waals surface area (Å²) in [4.78, 5) is 11.6. The van der Waals surface area contributed by atoms with Crippen LogP contribution in [0.4, 0.5) is 0 Å². The second-order valence-electron chi connectivity index (χ2n) is 4.65. The van der Waals surface area contributed by atoms with E-state index in [0.29, 0.717) is 13.0 Å². The Morgan fingerprint density at radius 3 is 2.27 bits per heavy atom. The summed E-state index contributed by atoms with van der Waals surface area (Å²) in [5, 5.41) is 0. The molecule has 90 valence electrons. The fourth-order valence-electron chi connectivity index (χ4n) is 1.09. The molecule has 0 aromatic carbocycles. The second-order valence-corrected chi connectivity index (χ2v) is 4.65. The molecule has 15 heavy (non-hydrogen) atoms. The smallest absolute Gasteiger partial charge is 0.335 e. The molecule has 1 atom stereocenters. The highest BCUT2D eigenvalue weighted by Crippen LogP contribution is 2.11. The van der Waals surface area contributed by atoms with E-state index in [9.17, 15) is 4.79 Å². The molecule has 0 aliphatic carbocycles. The maximum absolute atomic E-state index is 11.6. The van der Waals surface area contributed by atoms with Crippen LogP contribution in [0.5, 0.6) is 0 Å². The van der Waals surface area contributed by atoms with E-state index in [1.165, 1.54) is 0 Å². The fourth-order valence-corrected chi connectivity index (χ4v) is 1.09. The van der Waals surface area contributed by atoms with E-state index in [4.69, 9.17) is 9.47 Å². The summed E-state index contributed by atoms with van der Waals surface area (Å²) in [5.41, 5.74) is -0.432. The molecule has 0 spiro atoms.